The molecule has 1 unspecified atom stereocenters. The minimum Gasteiger partial charge on any atom is -0.376 e. The number of hydrogen-bond donors (Lipinski definition) is 0. The van der Waals surface area contributed by atoms with Crippen LogP contribution < -0.4 is 0 Å². The van der Waals surface area contributed by atoms with Crippen LogP contribution in [0.15, 0.2) is 30.7 Å². The summed E-state index contributed by atoms with van der Waals surface area (Å²) in [7, 11) is 0. The molecule has 7 nitrogen and oxygen atoms in total. The third-order valence-electron chi connectivity index (χ3n) is 5.79. The lowest BCUT2D eigenvalue weighted by Crippen LogP contribution is -2.37. The van der Waals surface area contributed by atoms with Crippen molar-refractivity contribution in [1.29, 1.82) is 0 Å². The van der Waals surface area contributed by atoms with Gasteiger partial charge < -0.3 is 9.64 Å². The van der Waals surface area contributed by atoms with E-state index in [1.165, 1.54) is 32.1 Å². The summed E-state index contributed by atoms with van der Waals surface area (Å²) in [5.74, 6) is 0.570. The molecule has 1 saturated carbocycles. The van der Waals surface area contributed by atoms with Crippen LogP contribution in [0.1, 0.15) is 61.0 Å². The van der Waals surface area contributed by atoms with Gasteiger partial charge in [0.2, 0.25) is 0 Å². The Labute approximate surface area is 166 Å². The van der Waals surface area contributed by atoms with Gasteiger partial charge in [-0.05, 0) is 49.3 Å². The molecule has 2 aromatic heterocycles. The van der Waals surface area contributed by atoms with Crippen molar-refractivity contribution < 1.29 is 9.53 Å². The van der Waals surface area contributed by atoms with Crippen LogP contribution in [0.3, 0.4) is 0 Å². The maximum atomic E-state index is 13.2. The summed E-state index contributed by atoms with van der Waals surface area (Å²) in [6, 6.07) is 3.88. The van der Waals surface area contributed by atoms with Crippen LogP contribution >= 0.6 is 0 Å². The molecule has 3 heterocycles. The smallest absolute Gasteiger partial charge is 0.276 e. The molecule has 0 N–H and O–H groups in total. The van der Waals surface area contributed by atoms with Gasteiger partial charge in [-0.25, -0.2) is 0 Å². The zero-order chi connectivity index (χ0) is 19.2. The standard InChI is InChI=1S/C21H29N5O2/c27-21(20-16-26(24-23-20)14-17-5-2-1-3-6-17)25(15-19-7-4-12-28-19)13-18-8-10-22-11-9-18/h8-11,16-17,19H,1-7,12-15H2. The first kappa shape index (κ1) is 19.1. The van der Waals surface area contributed by atoms with Crippen molar-refractivity contribution in [2.24, 2.45) is 5.92 Å². The Kier molecular flexibility index (Phi) is 6.31. The Bertz CT molecular complexity index is 751. The van der Waals surface area contributed by atoms with Crippen molar-refractivity contribution in [2.45, 2.75) is 64.1 Å². The second-order valence-electron chi connectivity index (χ2n) is 8.01. The van der Waals surface area contributed by atoms with Crippen LogP contribution in [0.4, 0.5) is 0 Å². The number of hydrogen-bond acceptors (Lipinski definition) is 5. The maximum absolute atomic E-state index is 13.2. The Hall–Kier alpha value is -2.28. The lowest BCUT2D eigenvalue weighted by molar-refractivity contribution is 0.0502. The van der Waals surface area contributed by atoms with Gasteiger partial charge in [0, 0.05) is 38.6 Å². The number of rotatable bonds is 7. The highest BCUT2D eigenvalue weighted by Crippen LogP contribution is 2.25. The van der Waals surface area contributed by atoms with Gasteiger partial charge in [0.25, 0.3) is 5.91 Å². The van der Waals surface area contributed by atoms with Gasteiger partial charge in [0.15, 0.2) is 5.69 Å². The molecule has 2 aromatic rings. The monoisotopic (exact) mass is 383 g/mol. The zero-order valence-electron chi connectivity index (χ0n) is 16.4. The summed E-state index contributed by atoms with van der Waals surface area (Å²) in [6.45, 7) is 2.74. The van der Waals surface area contributed by atoms with Crippen molar-refractivity contribution in [2.75, 3.05) is 13.2 Å². The highest BCUT2D eigenvalue weighted by Gasteiger charge is 2.26. The molecule has 0 spiro atoms. The molecule has 2 fully saturated rings. The summed E-state index contributed by atoms with van der Waals surface area (Å²) in [6.07, 6.45) is 13.9. The Morgan fingerprint density at radius 2 is 1.96 bits per heavy atom. The van der Waals surface area contributed by atoms with Crippen LogP contribution in [-0.2, 0) is 17.8 Å². The molecule has 1 amide bonds. The van der Waals surface area contributed by atoms with E-state index < -0.39 is 0 Å². The fourth-order valence-electron chi connectivity index (χ4n) is 4.24. The molecule has 4 rings (SSSR count). The van der Waals surface area contributed by atoms with Crippen molar-refractivity contribution in [3.05, 3.63) is 42.0 Å². The molecule has 1 saturated heterocycles. The van der Waals surface area contributed by atoms with Gasteiger partial charge in [-0.2, -0.15) is 0 Å². The molecule has 0 bridgehead atoms. The van der Waals surface area contributed by atoms with Crippen molar-refractivity contribution >= 4 is 5.91 Å². The summed E-state index contributed by atoms with van der Waals surface area (Å²) < 4.78 is 7.61. The third-order valence-corrected chi connectivity index (χ3v) is 5.79. The highest BCUT2D eigenvalue weighted by atomic mass is 16.5. The normalized spacial score (nSPS) is 20.4. The maximum Gasteiger partial charge on any atom is 0.276 e. The van der Waals surface area contributed by atoms with E-state index in [9.17, 15) is 4.79 Å². The van der Waals surface area contributed by atoms with Crippen LogP contribution in [0.5, 0.6) is 0 Å². The summed E-state index contributed by atoms with van der Waals surface area (Å²) in [4.78, 5) is 19.1. The first-order valence-corrected chi connectivity index (χ1v) is 10.5. The lowest BCUT2D eigenvalue weighted by Gasteiger charge is -2.24. The first-order valence-electron chi connectivity index (χ1n) is 10.5. The fraction of sp³-hybridized carbons (Fsp3) is 0.619. The van der Waals surface area contributed by atoms with Gasteiger partial charge in [0.05, 0.1) is 12.3 Å². The summed E-state index contributed by atoms with van der Waals surface area (Å²) in [5.41, 5.74) is 1.47. The number of carbonyl (C=O) groups is 1. The van der Waals surface area contributed by atoms with E-state index >= 15 is 0 Å². The molecule has 150 valence electrons. The van der Waals surface area contributed by atoms with E-state index in [0.29, 0.717) is 24.7 Å². The van der Waals surface area contributed by atoms with E-state index in [0.717, 1.165) is 31.6 Å². The SMILES string of the molecule is O=C(c1cn(CC2CCCCC2)nn1)N(Cc1ccncc1)CC1CCCO1. The number of nitrogens with zero attached hydrogens (tertiary/aromatic N) is 5. The predicted octanol–water partition coefficient (Wildman–Crippen LogP) is 3.07. The topological polar surface area (TPSA) is 73.1 Å². The molecular weight excluding hydrogens is 354 g/mol. The molecule has 0 aromatic carbocycles. The number of aromatic nitrogens is 4. The van der Waals surface area contributed by atoms with Gasteiger partial charge in [-0.3, -0.25) is 14.5 Å². The third kappa shape index (κ3) is 4.95. The number of pyridine rings is 1. The van der Waals surface area contributed by atoms with Gasteiger partial charge in [-0.15, -0.1) is 5.10 Å². The van der Waals surface area contributed by atoms with E-state index in [1.807, 2.05) is 27.9 Å². The Morgan fingerprint density at radius 1 is 1.14 bits per heavy atom. The molecular formula is C21H29N5O2. The van der Waals surface area contributed by atoms with Crippen molar-refractivity contribution in [1.82, 2.24) is 24.9 Å². The molecule has 1 aliphatic heterocycles. The molecule has 2 aliphatic rings. The van der Waals surface area contributed by atoms with Gasteiger partial charge in [-0.1, -0.05) is 24.5 Å². The van der Waals surface area contributed by atoms with E-state index in [2.05, 4.69) is 15.3 Å². The van der Waals surface area contributed by atoms with E-state index in [4.69, 9.17) is 4.74 Å². The van der Waals surface area contributed by atoms with Crippen LogP contribution in [0.2, 0.25) is 0 Å². The number of carbonyl (C=O) groups excluding carboxylic acids is 1. The highest BCUT2D eigenvalue weighted by molar-refractivity contribution is 5.91. The Balaban J connectivity index is 1.44. The van der Waals surface area contributed by atoms with E-state index in [1.54, 1.807) is 12.4 Å². The predicted molar refractivity (Wildman–Crippen MR) is 105 cm³/mol. The van der Waals surface area contributed by atoms with Crippen LogP contribution in [0, 0.1) is 5.92 Å². The minimum absolute atomic E-state index is 0.0813. The molecule has 7 heteroatoms. The second kappa shape index (κ2) is 9.28. The quantitative estimate of drug-likeness (QED) is 0.735. The summed E-state index contributed by atoms with van der Waals surface area (Å²) >= 11 is 0. The average molecular weight is 383 g/mol. The first-order chi connectivity index (χ1) is 13.8. The lowest BCUT2D eigenvalue weighted by atomic mass is 9.89. The van der Waals surface area contributed by atoms with Crippen molar-refractivity contribution in [3.8, 4) is 0 Å². The minimum atomic E-state index is -0.0813. The summed E-state index contributed by atoms with van der Waals surface area (Å²) in [5, 5.41) is 8.42. The molecule has 28 heavy (non-hydrogen) atoms. The number of amides is 1. The van der Waals surface area contributed by atoms with Crippen LogP contribution in [0.25, 0.3) is 0 Å². The molecule has 1 aliphatic carbocycles. The average Bonchev–Trinajstić information content (AvgIpc) is 3.41. The van der Waals surface area contributed by atoms with Gasteiger partial charge in [0.1, 0.15) is 0 Å². The zero-order valence-corrected chi connectivity index (χ0v) is 16.4. The second-order valence-corrected chi connectivity index (χ2v) is 8.01. The Morgan fingerprint density at radius 3 is 2.71 bits per heavy atom. The molecule has 1 atom stereocenters. The van der Waals surface area contributed by atoms with Crippen molar-refractivity contribution in [3.63, 3.8) is 0 Å². The molecule has 0 radical (unpaired) electrons. The van der Waals surface area contributed by atoms with Crippen LogP contribution in [-0.4, -0.2) is 50.0 Å². The van der Waals surface area contributed by atoms with E-state index in [-0.39, 0.29) is 12.0 Å². The number of ether oxygens (including phenoxy) is 1. The fourth-order valence-corrected chi connectivity index (χ4v) is 4.24. The van der Waals surface area contributed by atoms with Gasteiger partial charge >= 0.3 is 0 Å². The largest absolute Gasteiger partial charge is 0.376 e.